The van der Waals surface area contributed by atoms with E-state index < -0.39 is 5.82 Å². The lowest BCUT2D eigenvalue weighted by molar-refractivity contribution is -0.0720. The topological polar surface area (TPSA) is 48.3 Å². The fourth-order valence-corrected chi connectivity index (χ4v) is 3.07. The third-order valence-corrected chi connectivity index (χ3v) is 4.28. The van der Waals surface area contributed by atoms with Crippen LogP contribution in [0.5, 0.6) is 0 Å². The van der Waals surface area contributed by atoms with Crippen LogP contribution in [0.1, 0.15) is 22.8 Å². The van der Waals surface area contributed by atoms with E-state index in [0.717, 1.165) is 31.7 Å². The molecule has 0 radical (unpaired) electrons. The van der Waals surface area contributed by atoms with Crippen LogP contribution in [0.15, 0.2) is 12.1 Å². The predicted octanol–water partition coefficient (Wildman–Crippen LogP) is 1.35. The Balaban J connectivity index is 1.85. The number of nitrogens with zero attached hydrogens (tertiary/aromatic N) is 2. The van der Waals surface area contributed by atoms with Crippen molar-refractivity contribution in [1.29, 1.82) is 5.26 Å². The Bertz CT molecular complexity index is 555. The van der Waals surface area contributed by atoms with Gasteiger partial charge in [-0.2, -0.15) is 5.26 Å². The molecule has 2 aliphatic heterocycles. The van der Waals surface area contributed by atoms with E-state index in [0.29, 0.717) is 18.2 Å². The van der Waals surface area contributed by atoms with Crippen LogP contribution in [-0.4, -0.2) is 43.7 Å². The highest BCUT2D eigenvalue weighted by Crippen LogP contribution is 2.29. The van der Waals surface area contributed by atoms with Crippen molar-refractivity contribution in [1.82, 2.24) is 10.2 Å². The van der Waals surface area contributed by atoms with Crippen molar-refractivity contribution >= 4 is 0 Å². The lowest BCUT2D eigenvalue weighted by Crippen LogP contribution is -2.57. The molecular weight excluding hydrogens is 257 g/mol. The molecule has 0 bridgehead atoms. The molecule has 0 spiro atoms. The number of nitriles is 1. The molecule has 20 heavy (non-hydrogen) atoms. The van der Waals surface area contributed by atoms with Gasteiger partial charge in [0.15, 0.2) is 0 Å². The Morgan fingerprint density at radius 2 is 2.35 bits per heavy atom. The van der Waals surface area contributed by atoms with Crippen LogP contribution < -0.4 is 5.32 Å². The van der Waals surface area contributed by atoms with Crippen LogP contribution in [0.25, 0.3) is 0 Å². The smallest absolute Gasteiger partial charge is 0.141 e. The Labute approximate surface area is 118 Å². The molecule has 1 N–H and O–H groups in total. The van der Waals surface area contributed by atoms with Gasteiger partial charge in [-0.15, -0.1) is 0 Å². The van der Waals surface area contributed by atoms with Crippen LogP contribution >= 0.6 is 0 Å². The summed E-state index contributed by atoms with van der Waals surface area (Å²) in [4.78, 5) is 2.42. The first kappa shape index (κ1) is 13.5. The molecule has 0 saturated carbocycles. The van der Waals surface area contributed by atoms with E-state index in [4.69, 9.17) is 10.00 Å². The van der Waals surface area contributed by atoms with Crippen molar-refractivity contribution < 1.29 is 9.13 Å². The summed E-state index contributed by atoms with van der Waals surface area (Å²) in [5.74, 6) is -0.454. The average molecular weight is 275 g/mol. The number of nitrogens with one attached hydrogen (secondary N) is 1. The number of ether oxygens (including phenoxy) is 1. The lowest BCUT2D eigenvalue weighted by Gasteiger charge is -2.43. The lowest BCUT2D eigenvalue weighted by atomic mass is 9.96. The van der Waals surface area contributed by atoms with Gasteiger partial charge in [-0.25, -0.2) is 4.39 Å². The fourth-order valence-electron chi connectivity index (χ4n) is 3.07. The maximum atomic E-state index is 13.6. The highest BCUT2D eigenvalue weighted by molar-refractivity contribution is 5.44. The van der Waals surface area contributed by atoms with Crippen molar-refractivity contribution in [3.05, 3.63) is 34.6 Å². The third-order valence-electron chi connectivity index (χ3n) is 4.28. The van der Waals surface area contributed by atoms with E-state index in [1.165, 1.54) is 6.07 Å². The number of hydrogen-bond acceptors (Lipinski definition) is 4. The van der Waals surface area contributed by atoms with Crippen LogP contribution in [0.3, 0.4) is 0 Å². The molecule has 2 heterocycles. The first-order chi connectivity index (χ1) is 9.70. The summed E-state index contributed by atoms with van der Waals surface area (Å²) < 4.78 is 19.5. The summed E-state index contributed by atoms with van der Waals surface area (Å²) >= 11 is 0. The second-order valence-electron chi connectivity index (χ2n) is 5.42. The summed E-state index contributed by atoms with van der Waals surface area (Å²) in [6.07, 6.45) is -0.0722. The molecule has 0 amide bonds. The largest absolute Gasteiger partial charge is 0.370 e. The van der Waals surface area contributed by atoms with Crippen molar-refractivity contribution in [3.8, 4) is 6.07 Å². The molecule has 1 aromatic carbocycles. The molecule has 5 heteroatoms. The summed E-state index contributed by atoms with van der Waals surface area (Å²) in [7, 11) is 0. The maximum Gasteiger partial charge on any atom is 0.141 e. The zero-order chi connectivity index (χ0) is 14.1. The number of rotatable bonds is 1. The molecule has 2 saturated heterocycles. The van der Waals surface area contributed by atoms with E-state index in [-0.39, 0.29) is 11.7 Å². The Morgan fingerprint density at radius 3 is 3.15 bits per heavy atom. The van der Waals surface area contributed by atoms with Gasteiger partial charge in [0.05, 0.1) is 18.3 Å². The van der Waals surface area contributed by atoms with E-state index in [9.17, 15) is 4.39 Å². The Morgan fingerprint density at radius 1 is 1.50 bits per heavy atom. The Kier molecular flexibility index (Phi) is 3.70. The second kappa shape index (κ2) is 5.49. The molecule has 0 aliphatic carbocycles. The minimum absolute atomic E-state index is 0.0722. The summed E-state index contributed by atoms with van der Waals surface area (Å²) in [6.45, 7) is 6.24. The number of hydrogen-bond donors (Lipinski definition) is 1. The van der Waals surface area contributed by atoms with Gasteiger partial charge in [-0.3, -0.25) is 4.90 Å². The van der Waals surface area contributed by atoms with Crippen molar-refractivity contribution in [2.24, 2.45) is 0 Å². The zero-order valence-electron chi connectivity index (χ0n) is 11.5. The van der Waals surface area contributed by atoms with Crippen LogP contribution in [-0.2, 0) is 4.74 Å². The van der Waals surface area contributed by atoms with Crippen LogP contribution in [0, 0.1) is 24.1 Å². The zero-order valence-corrected chi connectivity index (χ0v) is 11.5. The number of piperazine rings is 1. The van der Waals surface area contributed by atoms with Gasteiger partial charge < -0.3 is 10.1 Å². The van der Waals surface area contributed by atoms with Crippen LogP contribution in [0.4, 0.5) is 4.39 Å². The van der Waals surface area contributed by atoms with Gasteiger partial charge in [-0.1, -0.05) is 6.07 Å². The molecule has 0 aromatic heterocycles. The van der Waals surface area contributed by atoms with E-state index >= 15 is 0 Å². The minimum atomic E-state index is -0.454. The minimum Gasteiger partial charge on any atom is -0.370 e. The van der Waals surface area contributed by atoms with E-state index in [1.54, 1.807) is 13.0 Å². The summed E-state index contributed by atoms with van der Waals surface area (Å²) in [6, 6.07) is 5.49. The van der Waals surface area contributed by atoms with Crippen molar-refractivity contribution in [2.45, 2.75) is 19.1 Å². The van der Waals surface area contributed by atoms with Gasteiger partial charge in [0.25, 0.3) is 0 Å². The van der Waals surface area contributed by atoms with Gasteiger partial charge in [-0.05, 0) is 24.1 Å². The molecule has 3 rings (SSSR count). The summed E-state index contributed by atoms with van der Waals surface area (Å²) in [5.41, 5.74) is 1.76. The predicted molar refractivity (Wildman–Crippen MR) is 72.8 cm³/mol. The maximum absolute atomic E-state index is 13.6. The quantitative estimate of drug-likeness (QED) is 0.840. The van der Waals surface area contributed by atoms with Gasteiger partial charge >= 0.3 is 0 Å². The first-order valence-electron chi connectivity index (χ1n) is 6.96. The SMILES string of the molecule is Cc1c([C@@H]2CN3CCNC[C@@H]3CO2)ccc(F)c1C#N. The first-order valence-corrected chi connectivity index (χ1v) is 6.96. The molecule has 2 fully saturated rings. The molecule has 4 nitrogen and oxygen atoms in total. The van der Waals surface area contributed by atoms with Crippen LogP contribution in [0.2, 0.25) is 0 Å². The van der Waals surface area contributed by atoms with Crippen molar-refractivity contribution in [3.63, 3.8) is 0 Å². The molecule has 2 atom stereocenters. The monoisotopic (exact) mass is 275 g/mol. The normalized spacial score (nSPS) is 26.9. The molecule has 2 aliphatic rings. The number of morpholine rings is 1. The van der Waals surface area contributed by atoms with Gasteiger partial charge in [0.1, 0.15) is 11.9 Å². The number of benzene rings is 1. The standard InChI is InChI=1S/C15H18FN3O/c1-10-12(2-3-14(16)13(10)6-17)15-8-19-5-4-18-7-11(19)9-20-15/h2-3,11,15,18H,4-5,7-9H2,1H3/t11-,15+/m1/s1. The molecule has 1 aromatic rings. The molecule has 0 unspecified atom stereocenters. The number of fused-ring (bicyclic) bond motifs is 1. The van der Waals surface area contributed by atoms with Gasteiger partial charge in [0.2, 0.25) is 0 Å². The molecule has 106 valence electrons. The summed E-state index contributed by atoms with van der Waals surface area (Å²) in [5, 5.41) is 12.4. The average Bonchev–Trinajstić information content (AvgIpc) is 2.47. The van der Waals surface area contributed by atoms with Gasteiger partial charge in [0, 0.05) is 32.2 Å². The third kappa shape index (κ3) is 2.31. The highest BCUT2D eigenvalue weighted by atomic mass is 19.1. The van der Waals surface area contributed by atoms with E-state index in [2.05, 4.69) is 10.2 Å². The number of halogens is 1. The Hall–Kier alpha value is -1.48. The second-order valence-corrected chi connectivity index (χ2v) is 5.42. The van der Waals surface area contributed by atoms with E-state index in [1.807, 2.05) is 6.07 Å². The van der Waals surface area contributed by atoms with Crippen molar-refractivity contribution in [2.75, 3.05) is 32.8 Å². The molecular formula is C15H18FN3O. The fraction of sp³-hybridized carbons (Fsp3) is 0.533. The highest BCUT2D eigenvalue weighted by Gasteiger charge is 2.32.